The van der Waals surface area contributed by atoms with Crippen molar-refractivity contribution in [2.75, 3.05) is 6.61 Å². The number of para-hydroxylation sites is 1. The minimum Gasteiger partial charge on any atom is -0.483 e. The van der Waals surface area contributed by atoms with E-state index in [0.29, 0.717) is 12.1 Å². The molecule has 1 fully saturated rings. The monoisotopic (exact) mass is 276 g/mol. The van der Waals surface area contributed by atoms with Gasteiger partial charge in [-0.25, -0.2) is 0 Å². The lowest BCUT2D eigenvalue weighted by Crippen LogP contribution is -2.31. The van der Waals surface area contributed by atoms with E-state index in [-0.39, 0.29) is 12.5 Å². The van der Waals surface area contributed by atoms with Crippen LogP contribution >= 0.6 is 0 Å². The van der Waals surface area contributed by atoms with Crippen molar-refractivity contribution in [3.05, 3.63) is 29.3 Å². The maximum atomic E-state index is 11.7. The summed E-state index contributed by atoms with van der Waals surface area (Å²) in [4.78, 5) is 11.7. The molecule has 0 atom stereocenters. The Balaban J connectivity index is 1.95. The first-order valence-corrected chi connectivity index (χ1v) is 7.30. The van der Waals surface area contributed by atoms with Crippen LogP contribution in [0.2, 0.25) is 0 Å². The van der Waals surface area contributed by atoms with Crippen molar-refractivity contribution < 1.29 is 9.53 Å². The summed E-state index contributed by atoms with van der Waals surface area (Å²) >= 11 is 0. The number of amides is 1. The van der Waals surface area contributed by atoms with Gasteiger partial charge < -0.3 is 15.4 Å². The molecule has 0 spiro atoms. The van der Waals surface area contributed by atoms with Crippen molar-refractivity contribution >= 4 is 5.91 Å². The Morgan fingerprint density at radius 3 is 2.80 bits per heavy atom. The fourth-order valence-electron chi connectivity index (χ4n) is 2.01. The number of hydrogen-bond donors (Lipinski definition) is 2. The van der Waals surface area contributed by atoms with E-state index in [9.17, 15) is 4.79 Å². The normalized spacial score (nSPS) is 14.4. The highest BCUT2D eigenvalue weighted by Gasteiger charge is 2.23. The molecule has 0 aromatic heterocycles. The topological polar surface area (TPSA) is 50.4 Å². The zero-order valence-corrected chi connectivity index (χ0v) is 12.5. The van der Waals surface area contributed by atoms with Gasteiger partial charge in [-0.15, -0.1) is 0 Å². The Morgan fingerprint density at radius 1 is 1.40 bits per heavy atom. The number of ether oxygens (including phenoxy) is 1. The Kier molecular flexibility index (Phi) is 5.01. The van der Waals surface area contributed by atoms with Crippen molar-refractivity contribution in [1.29, 1.82) is 0 Å². The number of benzene rings is 1. The molecular formula is C16H24N2O2. The molecule has 0 bridgehead atoms. The highest BCUT2D eigenvalue weighted by Crippen LogP contribution is 2.24. The second kappa shape index (κ2) is 6.75. The van der Waals surface area contributed by atoms with Gasteiger partial charge in [-0.05, 0) is 25.3 Å². The van der Waals surface area contributed by atoms with Crippen LogP contribution in [0.15, 0.2) is 18.2 Å². The molecule has 4 heteroatoms. The lowest BCUT2D eigenvalue weighted by molar-refractivity contribution is -0.123. The largest absolute Gasteiger partial charge is 0.483 e. The quantitative estimate of drug-likeness (QED) is 0.802. The highest BCUT2D eigenvalue weighted by molar-refractivity contribution is 5.78. The second-order valence-corrected chi connectivity index (χ2v) is 5.73. The predicted octanol–water partition coefficient (Wildman–Crippen LogP) is 2.15. The smallest absolute Gasteiger partial charge is 0.258 e. The van der Waals surface area contributed by atoms with E-state index in [4.69, 9.17) is 4.74 Å². The summed E-state index contributed by atoms with van der Waals surface area (Å²) in [6, 6.07) is 6.86. The van der Waals surface area contributed by atoms with Crippen LogP contribution in [0.3, 0.4) is 0 Å². The van der Waals surface area contributed by atoms with Crippen LogP contribution in [0, 0.1) is 6.92 Å². The van der Waals surface area contributed by atoms with E-state index in [2.05, 4.69) is 24.5 Å². The molecule has 20 heavy (non-hydrogen) atoms. The predicted molar refractivity (Wildman–Crippen MR) is 79.8 cm³/mol. The van der Waals surface area contributed by atoms with E-state index >= 15 is 0 Å². The summed E-state index contributed by atoms with van der Waals surface area (Å²) in [6.07, 6.45) is 2.19. The summed E-state index contributed by atoms with van der Waals surface area (Å²) in [7, 11) is 0. The van der Waals surface area contributed by atoms with Crippen molar-refractivity contribution in [1.82, 2.24) is 10.6 Å². The average Bonchev–Trinajstić information content (AvgIpc) is 3.19. The molecule has 0 saturated heterocycles. The Labute approximate surface area is 120 Å². The Hall–Kier alpha value is -1.55. The number of nitrogens with one attached hydrogen (secondary N) is 2. The van der Waals surface area contributed by atoms with Crippen LogP contribution in [0.1, 0.15) is 37.8 Å². The van der Waals surface area contributed by atoms with E-state index in [0.717, 1.165) is 36.3 Å². The van der Waals surface area contributed by atoms with Crippen LogP contribution < -0.4 is 15.4 Å². The Bertz CT molecular complexity index is 468. The molecule has 1 saturated carbocycles. The van der Waals surface area contributed by atoms with Gasteiger partial charge in [-0.2, -0.15) is 0 Å². The standard InChI is InChI=1S/C16H24N2O2/c1-11(2)17-9-13-6-4-5-12(3)16(13)20-10-15(19)18-14-7-8-14/h4-6,11,14,17H,7-10H2,1-3H3,(H,18,19). The maximum Gasteiger partial charge on any atom is 0.258 e. The number of aryl methyl sites for hydroxylation is 1. The zero-order valence-electron chi connectivity index (χ0n) is 12.5. The van der Waals surface area contributed by atoms with Crippen molar-refractivity contribution in [2.45, 2.75) is 52.2 Å². The van der Waals surface area contributed by atoms with E-state index in [1.807, 2.05) is 25.1 Å². The summed E-state index contributed by atoms with van der Waals surface area (Å²) < 4.78 is 5.74. The fourth-order valence-corrected chi connectivity index (χ4v) is 2.01. The molecule has 1 amide bonds. The van der Waals surface area contributed by atoms with Crippen LogP contribution in [-0.2, 0) is 11.3 Å². The molecule has 4 nitrogen and oxygen atoms in total. The van der Waals surface area contributed by atoms with Gasteiger partial charge in [-0.3, -0.25) is 4.79 Å². The van der Waals surface area contributed by atoms with Crippen molar-refractivity contribution in [3.8, 4) is 5.75 Å². The molecule has 0 heterocycles. The molecule has 110 valence electrons. The number of rotatable bonds is 7. The lowest BCUT2D eigenvalue weighted by atomic mass is 10.1. The molecule has 1 aromatic carbocycles. The van der Waals surface area contributed by atoms with E-state index < -0.39 is 0 Å². The van der Waals surface area contributed by atoms with Gasteiger partial charge in [0.05, 0.1) is 0 Å². The van der Waals surface area contributed by atoms with Crippen LogP contribution in [-0.4, -0.2) is 24.6 Å². The summed E-state index contributed by atoms with van der Waals surface area (Å²) in [6.45, 7) is 7.07. The van der Waals surface area contributed by atoms with Crippen LogP contribution in [0.4, 0.5) is 0 Å². The fraction of sp³-hybridized carbons (Fsp3) is 0.562. The first kappa shape index (κ1) is 14.9. The zero-order chi connectivity index (χ0) is 14.5. The van der Waals surface area contributed by atoms with Gasteiger partial charge >= 0.3 is 0 Å². The van der Waals surface area contributed by atoms with Gasteiger partial charge in [0, 0.05) is 24.2 Å². The summed E-state index contributed by atoms with van der Waals surface area (Å²) in [5, 5.41) is 6.31. The minimum absolute atomic E-state index is 0.0291. The molecular weight excluding hydrogens is 252 g/mol. The van der Waals surface area contributed by atoms with E-state index in [1.165, 1.54) is 0 Å². The molecule has 1 aromatic rings. The van der Waals surface area contributed by atoms with Crippen molar-refractivity contribution in [2.24, 2.45) is 0 Å². The molecule has 2 rings (SSSR count). The molecule has 0 aliphatic heterocycles. The average molecular weight is 276 g/mol. The van der Waals surface area contributed by atoms with E-state index in [1.54, 1.807) is 0 Å². The van der Waals surface area contributed by atoms with Gasteiger partial charge in [0.15, 0.2) is 6.61 Å². The van der Waals surface area contributed by atoms with Gasteiger partial charge in [-0.1, -0.05) is 32.0 Å². The van der Waals surface area contributed by atoms with Gasteiger partial charge in [0.2, 0.25) is 0 Å². The molecule has 2 N–H and O–H groups in total. The third-order valence-electron chi connectivity index (χ3n) is 3.28. The number of carbonyl (C=O) groups is 1. The first-order chi connectivity index (χ1) is 9.56. The van der Waals surface area contributed by atoms with Crippen molar-refractivity contribution in [3.63, 3.8) is 0 Å². The maximum absolute atomic E-state index is 11.7. The third-order valence-corrected chi connectivity index (χ3v) is 3.28. The summed E-state index contributed by atoms with van der Waals surface area (Å²) in [5.74, 6) is 0.796. The molecule has 0 radical (unpaired) electrons. The molecule has 1 aliphatic carbocycles. The third kappa shape index (κ3) is 4.53. The number of carbonyl (C=O) groups excluding carboxylic acids is 1. The molecule has 0 unspecified atom stereocenters. The van der Waals surface area contributed by atoms with Crippen LogP contribution in [0.25, 0.3) is 0 Å². The van der Waals surface area contributed by atoms with Crippen LogP contribution in [0.5, 0.6) is 5.75 Å². The minimum atomic E-state index is -0.0291. The van der Waals surface area contributed by atoms with Gasteiger partial charge in [0.1, 0.15) is 5.75 Å². The second-order valence-electron chi connectivity index (χ2n) is 5.73. The number of hydrogen-bond acceptors (Lipinski definition) is 3. The molecule has 1 aliphatic rings. The SMILES string of the molecule is Cc1cccc(CNC(C)C)c1OCC(=O)NC1CC1. The Morgan fingerprint density at radius 2 is 2.15 bits per heavy atom. The first-order valence-electron chi connectivity index (χ1n) is 7.30. The van der Waals surface area contributed by atoms with Gasteiger partial charge in [0.25, 0.3) is 5.91 Å². The summed E-state index contributed by atoms with van der Waals surface area (Å²) in [5.41, 5.74) is 2.16. The lowest BCUT2D eigenvalue weighted by Gasteiger charge is -2.15. The highest BCUT2D eigenvalue weighted by atomic mass is 16.5.